The largest absolute Gasteiger partial charge is 0.337 e. The Hall–Kier alpha value is -2.39. The molecule has 2 aromatic carbocycles. The Kier molecular flexibility index (Phi) is 5.35. The first-order chi connectivity index (χ1) is 13.8. The molecule has 0 saturated carbocycles. The molecule has 0 aliphatic rings. The molecule has 2 aromatic heterocycles. The second-order valence-electron chi connectivity index (χ2n) is 6.16. The van der Waals surface area contributed by atoms with Gasteiger partial charge in [0.05, 0.1) is 15.4 Å². The van der Waals surface area contributed by atoms with Crippen LogP contribution in [-0.4, -0.2) is 18.4 Å². The van der Waals surface area contributed by atoms with E-state index in [1.54, 1.807) is 24.3 Å². The van der Waals surface area contributed by atoms with Gasteiger partial charge in [-0.05, 0) is 48.9 Å². The number of nitrogens with zero attached hydrogens (tertiary/aromatic N) is 2. The minimum atomic E-state index is -3.88. The second kappa shape index (κ2) is 7.79. The van der Waals surface area contributed by atoms with E-state index in [9.17, 15) is 8.42 Å². The summed E-state index contributed by atoms with van der Waals surface area (Å²) >= 11 is 13.0. The number of para-hydroxylation sites is 2. The maximum absolute atomic E-state index is 12.8. The van der Waals surface area contributed by atoms with Crippen molar-refractivity contribution >= 4 is 72.9 Å². The Morgan fingerprint density at radius 1 is 0.931 bits per heavy atom. The van der Waals surface area contributed by atoms with Crippen molar-refractivity contribution in [1.29, 1.82) is 0 Å². The van der Waals surface area contributed by atoms with Gasteiger partial charge in [-0.2, -0.15) is 0 Å². The molecule has 0 radical (unpaired) electrons. The fourth-order valence-corrected chi connectivity index (χ4v) is 5.30. The van der Waals surface area contributed by atoms with Crippen LogP contribution >= 0.6 is 34.5 Å². The molecule has 0 amide bonds. The number of hydrogen-bond acceptors (Lipinski definition) is 6. The van der Waals surface area contributed by atoms with E-state index in [1.165, 1.54) is 12.1 Å². The van der Waals surface area contributed by atoms with E-state index in [-0.39, 0.29) is 15.8 Å². The van der Waals surface area contributed by atoms with Gasteiger partial charge < -0.3 is 5.32 Å². The number of hydrogen-bond donors (Lipinski definition) is 2. The van der Waals surface area contributed by atoms with Gasteiger partial charge in [0.2, 0.25) is 0 Å². The number of benzene rings is 2. The van der Waals surface area contributed by atoms with Gasteiger partial charge in [-0.3, -0.25) is 4.72 Å². The highest BCUT2D eigenvalue weighted by Gasteiger charge is 2.21. The van der Waals surface area contributed by atoms with E-state index in [2.05, 4.69) is 20.0 Å². The van der Waals surface area contributed by atoms with E-state index in [0.29, 0.717) is 26.1 Å². The van der Waals surface area contributed by atoms with Crippen molar-refractivity contribution in [1.82, 2.24) is 9.97 Å². The fourth-order valence-electron chi connectivity index (χ4n) is 2.63. The zero-order valence-corrected chi connectivity index (χ0v) is 18.1. The van der Waals surface area contributed by atoms with Gasteiger partial charge in [-0.1, -0.05) is 41.4 Å². The Morgan fingerprint density at radius 3 is 2.28 bits per heavy atom. The molecule has 0 bridgehead atoms. The van der Waals surface area contributed by atoms with E-state index in [0.717, 1.165) is 16.9 Å². The number of nitrogens with one attached hydrogen (secondary N) is 2. The van der Waals surface area contributed by atoms with E-state index in [1.807, 2.05) is 25.1 Å². The Balaban J connectivity index is 1.81. The average Bonchev–Trinajstić information content (AvgIpc) is 3.12. The molecule has 2 N–H and O–H groups in total. The quantitative estimate of drug-likeness (QED) is 0.386. The summed E-state index contributed by atoms with van der Waals surface area (Å²) in [5.74, 6) is 0.341. The van der Waals surface area contributed by atoms with Crippen molar-refractivity contribution in [2.75, 3.05) is 10.0 Å². The zero-order valence-electron chi connectivity index (χ0n) is 15.0. The summed E-state index contributed by atoms with van der Waals surface area (Å²) in [6.45, 7) is 1.91. The van der Waals surface area contributed by atoms with Crippen LogP contribution in [0.15, 0.2) is 58.8 Å². The van der Waals surface area contributed by atoms with Crippen molar-refractivity contribution in [3.8, 4) is 0 Å². The third kappa shape index (κ3) is 4.30. The van der Waals surface area contributed by atoms with Gasteiger partial charge in [-0.25, -0.2) is 18.4 Å². The molecule has 4 rings (SSSR count). The monoisotopic (exact) mass is 464 g/mol. The lowest BCUT2D eigenvalue weighted by Gasteiger charge is -2.14. The molecule has 0 atom stereocenters. The Labute approximate surface area is 181 Å². The molecular formula is C19H14Cl2N4O2S2. The maximum atomic E-state index is 12.8. The molecule has 0 saturated heterocycles. The Bertz CT molecular complexity index is 1320. The molecule has 2 heterocycles. The van der Waals surface area contributed by atoms with Crippen molar-refractivity contribution in [2.24, 2.45) is 0 Å². The van der Waals surface area contributed by atoms with Crippen LogP contribution in [0.25, 0.3) is 11.0 Å². The van der Waals surface area contributed by atoms with E-state index >= 15 is 0 Å². The number of anilines is 3. The van der Waals surface area contributed by atoms with Crippen LogP contribution in [0, 0.1) is 6.92 Å². The molecule has 4 aromatic rings. The summed E-state index contributed by atoms with van der Waals surface area (Å²) < 4.78 is 28.6. The van der Waals surface area contributed by atoms with Crippen molar-refractivity contribution in [3.05, 3.63) is 69.5 Å². The number of sulfonamides is 1. The van der Waals surface area contributed by atoms with Crippen LogP contribution in [0.4, 0.5) is 17.3 Å². The topological polar surface area (TPSA) is 84.0 Å². The number of thiophene rings is 1. The lowest BCUT2D eigenvalue weighted by atomic mass is 10.2. The fraction of sp³-hybridized carbons (Fsp3) is 0.0526. The molecule has 0 fully saturated rings. The van der Waals surface area contributed by atoms with Gasteiger partial charge in [0, 0.05) is 10.7 Å². The van der Waals surface area contributed by atoms with Crippen LogP contribution < -0.4 is 10.0 Å². The SMILES string of the molecule is Cc1ccc(Cl)cc1Nc1nc2ccccc2nc1NS(=O)(=O)c1ccc(Cl)s1. The van der Waals surface area contributed by atoms with Gasteiger partial charge in [-0.15, -0.1) is 11.3 Å². The summed E-state index contributed by atoms with van der Waals surface area (Å²) in [5.41, 5.74) is 2.80. The summed E-state index contributed by atoms with van der Waals surface area (Å²) in [6, 6.07) is 15.6. The van der Waals surface area contributed by atoms with Crippen LogP contribution in [-0.2, 0) is 10.0 Å². The molecule has 0 aliphatic carbocycles. The first kappa shape index (κ1) is 19.9. The number of fused-ring (bicyclic) bond motifs is 1. The molecule has 6 nitrogen and oxygen atoms in total. The second-order valence-corrected chi connectivity index (χ2v) is 10.2. The molecule has 29 heavy (non-hydrogen) atoms. The van der Waals surface area contributed by atoms with Gasteiger partial charge in [0.15, 0.2) is 11.6 Å². The minimum absolute atomic E-state index is 0.0765. The minimum Gasteiger partial charge on any atom is -0.337 e. The highest BCUT2D eigenvalue weighted by atomic mass is 35.5. The van der Waals surface area contributed by atoms with Crippen molar-refractivity contribution < 1.29 is 8.42 Å². The summed E-state index contributed by atoms with van der Waals surface area (Å²) in [7, 11) is -3.88. The molecule has 0 unspecified atom stereocenters. The van der Waals surface area contributed by atoms with Gasteiger partial charge >= 0.3 is 0 Å². The number of aromatic nitrogens is 2. The highest BCUT2D eigenvalue weighted by Crippen LogP contribution is 2.31. The van der Waals surface area contributed by atoms with Crippen LogP contribution in [0.3, 0.4) is 0 Å². The molecule has 0 aliphatic heterocycles. The molecule has 148 valence electrons. The van der Waals surface area contributed by atoms with Gasteiger partial charge in [0.25, 0.3) is 10.0 Å². The summed E-state index contributed by atoms with van der Waals surface area (Å²) in [4.78, 5) is 9.02. The van der Waals surface area contributed by atoms with E-state index in [4.69, 9.17) is 23.2 Å². The zero-order chi connectivity index (χ0) is 20.6. The molecule has 0 spiro atoms. The number of halogens is 2. The molecular weight excluding hydrogens is 451 g/mol. The normalized spacial score (nSPS) is 11.6. The van der Waals surface area contributed by atoms with Crippen LogP contribution in [0.2, 0.25) is 9.36 Å². The summed E-state index contributed by atoms with van der Waals surface area (Å²) in [6.07, 6.45) is 0. The predicted octanol–water partition coefficient (Wildman–Crippen LogP) is 5.85. The smallest absolute Gasteiger partial charge is 0.272 e. The van der Waals surface area contributed by atoms with Gasteiger partial charge in [0.1, 0.15) is 4.21 Å². The lowest BCUT2D eigenvalue weighted by molar-refractivity contribution is 0.603. The highest BCUT2D eigenvalue weighted by molar-refractivity contribution is 7.94. The first-order valence-corrected chi connectivity index (χ1v) is 11.5. The van der Waals surface area contributed by atoms with Crippen molar-refractivity contribution in [3.63, 3.8) is 0 Å². The van der Waals surface area contributed by atoms with Crippen LogP contribution in [0.1, 0.15) is 5.56 Å². The predicted molar refractivity (Wildman–Crippen MR) is 119 cm³/mol. The third-order valence-electron chi connectivity index (χ3n) is 4.07. The Morgan fingerprint density at radius 2 is 1.62 bits per heavy atom. The molecule has 10 heteroatoms. The lowest BCUT2D eigenvalue weighted by Crippen LogP contribution is -2.15. The standard InChI is InChI=1S/C19H14Cl2N4O2S2/c1-11-6-7-12(20)10-15(11)24-18-19(23-14-5-3-2-4-13(14)22-18)25-29(26,27)17-9-8-16(21)28-17/h2-10H,1H3,(H,22,24)(H,23,25). The maximum Gasteiger partial charge on any atom is 0.272 e. The average molecular weight is 465 g/mol. The van der Waals surface area contributed by atoms with E-state index < -0.39 is 10.0 Å². The van der Waals surface area contributed by atoms with Crippen LogP contribution in [0.5, 0.6) is 0 Å². The number of aryl methyl sites for hydroxylation is 1. The number of rotatable bonds is 5. The summed E-state index contributed by atoms with van der Waals surface area (Å²) in [5, 5.41) is 3.69. The van der Waals surface area contributed by atoms with Crippen molar-refractivity contribution in [2.45, 2.75) is 11.1 Å². The third-order valence-corrected chi connectivity index (χ3v) is 7.36. The first-order valence-electron chi connectivity index (χ1n) is 8.40.